The van der Waals surface area contributed by atoms with Crippen LogP contribution < -0.4 is 0 Å². The van der Waals surface area contributed by atoms with Gasteiger partial charge in [0.15, 0.2) is 11.5 Å². The minimum absolute atomic E-state index is 0.0274. The van der Waals surface area contributed by atoms with Gasteiger partial charge >= 0.3 is 5.97 Å². The van der Waals surface area contributed by atoms with Crippen molar-refractivity contribution in [3.8, 4) is 0 Å². The second-order valence-corrected chi connectivity index (χ2v) is 9.59. The van der Waals surface area contributed by atoms with Crippen molar-refractivity contribution in [1.82, 2.24) is 9.88 Å². The molecule has 4 aromatic rings. The molecule has 0 radical (unpaired) electrons. The molecule has 1 unspecified atom stereocenters. The second kappa shape index (κ2) is 10.1. The van der Waals surface area contributed by atoms with Gasteiger partial charge < -0.3 is 19.2 Å². The van der Waals surface area contributed by atoms with E-state index < -0.39 is 29.5 Å². The van der Waals surface area contributed by atoms with Crippen LogP contribution in [-0.2, 0) is 16.1 Å². The van der Waals surface area contributed by atoms with Crippen molar-refractivity contribution < 1.29 is 28.6 Å². The van der Waals surface area contributed by atoms with Gasteiger partial charge in [-0.3, -0.25) is 14.6 Å². The van der Waals surface area contributed by atoms with Crippen molar-refractivity contribution >= 4 is 40.2 Å². The van der Waals surface area contributed by atoms with E-state index in [9.17, 15) is 19.5 Å². The van der Waals surface area contributed by atoms with Gasteiger partial charge in [0.1, 0.15) is 5.58 Å². The van der Waals surface area contributed by atoms with Gasteiger partial charge in [0, 0.05) is 29.3 Å². The molecule has 1 atom stereocenters. The first-order valence-electron chi connectivity index (χ1n) is 11.9. The Kier molecular flexibility index (Phi) is 6.73. The minimum atomic E-state index is -0.911. The largest absolute Gasteiger partial charge is 0.503 e. The van der Waals surface area contributed by atoms with Crippen LogP contribution in [0.3, 0.4) is 0 Å². The summed E-state index contributed by atoms with van der Waals surface area (Å²) in [5, 5.41) is 12.0. The van der Waals surface area contributed by atoms with Gasteiger partial charge in [-0.05, 0) is 67.4 Å². The van der Waals surface area contributed by atoms with Crippen LogP contribution in [0, 0.1) is 0 Å². The fourth-order valence-corrected chi connectivity index (χ4v) is 4.60. The van der Waals surface area contributed by atoms with E-state index in [0.29, 0.717) is 32.7 Å². The first kappa shape index (κ1) is 25.2. The van der Waals surface area contributed by atoms with E-state index in [1.807, 2.05) is 0 Å². The lowest BCUT2D eigenvalue weighted by Gasteiger charge is -2.26. The molecule has 0 spiro atoms. The lowest BCUT2D eigenvalue weighted by molar-refractivity contribution is -0.130. The summed E-state index contributed by atoms with van der Waals surface area (Å²) in [4.78, 5) is 44.7. The number of aliphatic hydroxyl groups is 1. The Balaban J connectivity index is 1.49. The molecule has 1 amide bonds. The molecule has 8 nitrogen and oxygen atoms in total. The number of halogens is 1. The lowest BCUT2D eigenvalue weighted by atomic mass is 9.96. The maximum atomic E-state index is 13.7. The third kappa shape index (κ3) is 4.78. The second-order valence-electron chi connectivity index (χ2n) is 9.16. The van der Waals surface area contributed by atoms with Crippen molar-refractivity contribution in [2.45, 2.75) is 32.5 Å². The Labute approximate surface area is 223 Å². The molecule has 0 saturated carbocycles. The van der Waals surface area contributed by atoms with Gasteiger partial charge in [-0.2, -0.15) is 0 Å². The quantitative estimate of drug-likeness (QED) is 0.236. The van der Waals surface area contributed by atoms with Crippen LogP contribution in [0.5, 0.6) is 0 Å². The van der Waals surface area contributed by atoms with E-state index in [4.69, 9.17) is 20.8 Å². The van der Waals surface area contributed by atoms with Crippen LogP contribution in [0.25, 0.3) is 11.0 Å². The van der Waals surface area contributed by atoms with E-state index in [1.165, 1.54) is 11.0 Å². The zero-order valence-corrected chi connectivity index (χ0v) is 21.3. The number of amides is 1. The normalized spacial score (nSPS) is 15.5. The fraction of sp³-hybridized carbons (Fsp3) is 0.172. The molecule has 2 aromatic carbocycles. The average molecular weight is 531 g/mol. The molecule has 5 rings (SSSR count). The highest BCUT2D eigenvalue weighted by Crippen LogP contribution is 2.40. The zero-order valence-electron chi connectivity index (χ0n) is 20.6. The highest BCUT2D eigenvalue weighted by atomic mass is 35.5. The van der Waals surface area contributed by atoms with Gasteiger partial charge in [-0.25, -0.2) is 4.79 Å². The molecular weight excluding hydrogens is 508 g/mol. The molecule has 0 aliphatic carbocycles. The number of benzene rings is 2. The minimum Gasteiger partial charge on any atom is -0.503 e. The van der Waals surface area contributed by atoms with E-state index in [-0.39, 0.29) is 24.0 Å². The van der Waals surface area contributed by atoms with Crippen molar-refractivity contribution in [2.24, 2.45) is 0 Å². The number of carbonyl (C=O) groups is 3. The summed E-state index contributed by atoms with van der Waals surface area (Å²) in [6.45, 7) is 3.60. The van der Waals surface area contributed by atoms with E-state index in [2.05, 4.69) is 4.98 Å². The van der Waals surface area contributed by atoms with Crippen LogP contribution in [-0.4, -0.2) is 38.8 Å². The van der Waals surface area contributed by atoms with Crippen LogP contribution in [0.4, 0.5) is 0 Å². The molecule has 2 aromatic heterocycles. The zero-order chi connectivity index (χ0) is 27.0. The Morgan fingerprint density at radius 2 is 1.89 bits per heavy atom. The van der Waals surface area contributed by atoms with Gasteiger partial charge in [-0.1, -0.05) is 29.8 Å². The van der Waals surface area contributed by atoms with Crippen LogP contribution in [0.15, 0.2) is 88.8 Å². The summed E-state index contributed by atoms with van der Waals surface area (Å²) >= 11 is 6.07. The summed E-state index contributed by atoms with van der Waals surface area (Å²) < 4.78 is 11.0. The van der Waals surface area contributed by atoms with Crippen molar-refractivity contribution in [1.29, 1.82) is 0 Å². The summed E-state index contributed by atoms with van der Waals surface area (Å²) in [6, 6.07) is 15.6. The predicted molar refractivity (Wildman–Crippen MR) is 140 cm³/mol. The Morgan fingerprint density at radius 1 is 1.13 bits per heavy atom. The average Bonchev–Trinajstić information content (AvgIpc) is 3.43. The molecule has 1 aliphatic rings. The molecule has 1 aliphatic heterocycles. The molecular formula is C29H23ClN2O6. The number of furan rings is 1. The molecule has 9 heteroatoms. The fourth-order valence-electron chi connectivity index (χ4n) is 4.42. The maximum absolute atomic E-state index is 13.7. The smallest absolute Gasteiger partial charge is 0.338 e. The SMILES string of the molecule is CC(C)OC(=O)c1ccc(CN2C(=O)C(O)=C(C(=O)c3cc4cc(Cl)ccc4o3)C2c2cccnc2)cc1. The number of ketones is 1. The molecule has 3 heterocycles. The first-order valence-corrected chi connectivity index (χ1v) is 12.3. The van der Waals surface area contributed by atoms with Crippen LogP contribution in [0.2, 0.25) is 5.02 Å². The summed E-state index contributed by atoms with van der Waals surface area (Å²) in [7, 11) is 0. The topological polar surface area (TPSA) is 110 Å². The third-order valence-corrected chi connectivity index (χ3v) is 6.37. The Morgan fingerprint density at radius 3 is 2.58 bits per heavy atom. The number of nitrogens with zero attached hydrogens (tertiary/aromatic N) is 2. The first-order chi connectivity index (χ1) is 18.2. The van der Waals surface area contributed by atoms with Gasteiger partial charge in [0.2, 0.25) is 5.78 Å². The van der Waals surface area contributed by atoms with Crippen LogP contribution >= 0.6 is 11.6 Å². The lowest BCUT2D eigenvalue weighted by Crippen LogP contribution is -2.30. The molecule has 0 saturated heterocycles. The third-order valence-electron chi connectivity index (χ3n) is 6.14. The molecule has 192 valence electrons. The number of aromatic nitrogens is 1. The number of ether oxygens (including phenoxy) is 1. The van der Waals surface area contributed by atoms with Crippen LogP contribution in [0.1, 0.15) is 51.9 Å². The van der Waals surface area contributed by atoms with Crippen molar-refractivity contribution in [3.05, 3.63) is 112 Å². The standard InChI is InChI=1S/C29H23ClN2O6/c1-16(2)37-29(36)18-7-5-17(6-8-18)15-32-25(19-4-3-11-31-14-19)24(27(34)28(32)35)26(33)23-13-20-12-21(30)9-10-22(20)38-23/h3-14,16,25,34H,15H2,1-2H3. The number of hydrogen-bond acceptors (Lipinski definition) is 7. The number of aliphatic hydroxyl groups excluding tert-OH is 1. The summed E-state index contributed by atoms with van der Waals surface area (Å²) in [5.74, 6) is -2.45. The maximum Gasteiger partial charge on any atom is 0.338 e. The van der Waals surface area contributed by atoms with E-state index in [1.54, 1.807) is 80.8 Å². The van der Waals surface area contributed by atoms with E-state index in [0.717, 1.165) is 0 Å². The van der Waals surface area contributed by atoms with Gasteiger partial charge in [0.25, 0.3) is 5.91 Å². The number of esters is 1. The molecule has 0 fully saturated rings. The van der Waals surface area contributed by atoms with Crippen molar-refractivity contribution in [2.75, 3.05) is 0 Å². The number of carbonyl (C=O) groups excluding carboxylic acids is 3. The Bertz CT molecular complexity index is 1570. The van der Waals surface area contributed by atoms with Gasteiger partial charge in [0.05, 0.1) is 23.3 Å². The van der Waals surface area contributed by atoms with E-state index >= 15 is 0 Å². The molecule has 0 bridgehead atoms. The highest BCUT2D eigenvalue weighted by Gasteiger charge is 2.44. The molecule has 1 N–H and O–H groups in total. The summed E-state index contributed by atoms with van der Waals surface area (Å²) in [5.41, 5.74) is 1.96. The Hall–Kier alpha value is -4.43. The van der Waals surface area contributed by atoms with Crippen molar-refractivity contribution in [3.63, 3.8) is 0 Å². The summed E-state index contributed by atoms with van der Waals surface area (Å²) in [6.07, 6.45) is 2.87. The van der Waals surface area contributed by atoms with Gasteiger partial charge in [-0.15, -0.1) is 0 Å². The monoisotopic (exact) mass is 530 g/mol. The predicted octanol–water partition coefficient (Wildman–Crippen LogP) is 5.82. The number of pyridine rings is 1. The number of fused-ring (bicyclic) bond motifs is 1. The number of Topliss-reactive ketones (excluding diaryl/α,β-unsaturated/α-hetero) is 1. The number of hydrogen-bond donors (Lipinski definition) is 1. The molecule has 38 heavy (non-hydrogen) atoms. The highest BCUT2D eigenvalue weighted by molar-refractivity contribution is 6.31. The number of rotatable bonds is 7.